The van der Waals surface area contributed by atoms with Gasteiger partial charge in [0.15, 0.2) is 0 Å². The molecule has 5 heteroatoms. The summed E-state index contributed by atoms with van der Waals surface area (Å²) < 4.78 is 0. The van der Waals surface area contributed by atoms with Gasteiger partial charge < -0.3 is 0 Å². The summed E-state index contributed by atoms with van der Waals surface area (Å²) >= 11 is 0. The number of carbonyl (C=O) groups is 2. The molecule has 142 valence electrons. The van der Waals surface area contributed by atoms with E-state index < -0.39 is 15.8 Å². The number of rotatable bonds is 7. The van der Waals surface area contributed by atoms with E-state index in [2.05, 4.69) is 48.5 Å². The van der Waals surface area contributed by atoms with Crippen LogP contribution in [0.1, 0.15) is 74.1 Å². The molecule has 0 aromatic rings. The highest BCUT2D eigenvalue weighted by molar-refractivity contribution is 7.69. The van der Waals surface area contributed by atoms with E-state index in [1.54, 1.807) is 4.90 Å². The molecule has 2 amide bonds. The van der Waals surface area contributed by atoms with Gasteiger partial charge in [-0.2, -0.15) is 0 Å². The second kappa shape index (κ2) is 8.62. The quantitative estimate of drug-likeness (QED) is 0.417. The Balaban J connectivity index is 2.54. The van der Waals surface area contributed by atoms with E-state index >= 15 is 0 Å². The van der Waals surface area contributed by atoms with E-state index in [0.29, 0.717) is 29.2 Å². The molecule has 2 atom stereocenters. The number of carbonyl (C=O) groups excluding carboxylic acids is 2. The van der Waals surface area contributed by atoms with E-state index in [-0.39, 0.29) is 11.8 Å². The molecule has 1 fully saturated rings. The van der Waals surface area contributed by atoms with E-state index in [1.807, 2.05) is 0 Å². The highest BCUT2D eigenvalue weighted by atomic mass is 31.1. The molecule has 0 spiro atoms. The standard InChI is InChI=1S/C20H35NO2P2/c1-8-9-12-21-19(22)17(24(13(2)3)14(4)5)18(20(21)23)25-15(6)10-11-16(25)7/h13-16H,8-12H2,1-7H3/t15-,16-/m1/s1. The first kappa shape index (κ1) is 21.0. The first-order valence-corrected chi connectivity index (χ1v) is 12.8. The van der Waals surface area contributed by atoms with Crippen LogP contribution in [0.4, 0.5) is 0 Å². The topological polar surface area (TPSA) is 37.4 Å². The van der Waals surface area contributed by atoms with Crippen molar-refractivity contribution in [2.45, 2.75) is 96.8 Å². The zero-order valence-electron chi connectivity index (χ0n) is 17.0. The molecule has 0 bridgehead atoms. The van der Waals surface area contributed by atoms with Gasteiger partial charge in [-0.15, -0.1) is 0 Å². The maximum Gasteiger partial charge on any atom is 0.262 e. The van der Waals surface area contributed by atoms with Crippen molar-refractivity contribution in [3.8, 4) is 0 Å². The summed E-state index contributed by atoms with van der Waals surface area (Å²) in [7, 11) is -1.11. The van der Waals surface area contributed by atoms with Gasteiger partial charge in [-0.3, -0.25) is 14.5 Å². The highest BCUT2D eigenvalue weighted by Crippen LogP contribution is 2.68. The molecule has 0 saturated carbocycles. The van der Waals surface area contributed by atoms with Gasteiger partial charge in [-0.05, 0) is 41.9 Å². The van der Waals surface area contributed by atoms with Crippen molar-refractivity contribution >= 4 is 27.7 Å². The molecule has 0 aliphatic carbocycles. The number of nitrogens with zero attached hydrogens (tertiary/aromatic N) is 1. The van der Waals surface area contributed by atoms with Gasteiger partial charge in [0.2, 0.25) is 0 Å². The minimum Gasteiger partial charge on any atom is -0.274 e. The second-order valence-electron chi connectivity index (χ2n) is 8.09. The summed E-state index contributed by atoms with van der Waals surface area (Å²) in [6.45, 7) is 16.2. The Labute approximate surface area is 156 Å². The fourth-order valence-electron chi connectivity index (χ4n) is 4.28. The van der Waals surface area contributed by atoms with Crippen molar-refractivity contribution in [3.05, 3.63) is 10.6 Å². The number of hydrogen-bond acceptors (Lipinski definition) is 2. The molecular formula is C20H35NO2P2. The normalized spacial score (nSPS) is 25.6. The van der Waals surface area contributed by atoms with Crippen molar-refractivity contribution in [1.82, 2.24) is 4.90 Å². The lowest BCUT2D eigenvalue weighted by atomic mass is 10.2. The minimum absolute atomic E-state index is 0.0516. The van der Waals surface area contributed by atoms with Crippen LogP contribution in [-0.2, 0) is 9.59 Å². The summed E-state index contributed by atoms with van der Waals surface area (Å²) in [6, 6.07) is 0. The van der Waals surface area contributed by atoms with Crippen LogP contribution in [0.25, 0.3) is 0 Å². The average Bonchev–Trinajstić information content (AvgIpc) is 2.96. The van der Waals surface area contributed by atoms with E-state index in [9.17, 15) is 9.59 Å². The molecule has 2 heterocycles. The van der Waals surface area contributed by atoms with Crippen LogP contribution in [0.2, 0.25) is 0 Å². The molecule has 2 aliphatic heterocycles. The Kier molecular flexibility index (Phi) is 7.26. The smallest absolute Gasteiger partial charge is 0.262 e. The molecular weight excluding hydrogens is 348 g/mol. The van der Waals surface area contributed by atoms with Crippen LogP contribution in [0.5, 0.6) is 0 Å². The predicted molar refractivity (Wildman–Crippen MR) is 111 cm³/mol. The van der Waals surface area contributed by atoms with Crippen LogP contribution >= 0.6 is 15.8 Å². The van der Waals surface area contributed by atoms with Crippen molar-refractivity contribution < 1.29 is 9.59 Å². The Morgan fingerprint density at radius 1 is 1.04 bits per heavy atom. The van der Waals surface area contributed by atoms with Crippen LogP contribution in [0.15, 0.2) is 10.6 Å². The van der Waals surface area contributed by atoms with Crippen LogP contribution in [0.3, 0.4) is 0 Å². The molecule has 2 rings (SSSR count). The average molecular weight is 383 g/mol. The summed E-state index contributed by atoms with van der Waals surface area (Å²) in [5.41, 5.74) is 2.00. The zero-order chi connectivity index (χ0) is 18.9. The second-order valence-corrected chi connectivity index (χ2v) is 14.4. The summed E-state index contributed by atoms with van der Waals surface area (Å²) in [5, 5.41) is 1.93. The summed E-state index contributed by atoms with van der Waals surface area (Å²) in [4.78, 5) is 28.3. The lowest BCUT2D eigenvalue weighted by Crippen LogP contribution is -2.33. The Morgan fingerprint density at radius 3 is 2.00 bits per heavy atom. The molecule has 0 aromatic carbocycles. The Bertz CT molecular complexity index is 514. The Hall–Kier alpha value is -0.260. The maximum atomic E-state index is 13.3. The maximum absolute atomic E-state index is 13.3. The largest absolute Gasteiger partial charge is 0.274 e. The number of imide groups is 1. The van der Waals surface area contributed by atoms with Crippen molar-refractivity contribution in [2.75, 3.05) is 6.54 Å². The predicted octanol–water partition coefficient (Wildman–Crippen LogP) is 5.72. The molecule has 0 unspecified atom stereocenters. The Morgan fingerprint density at radius 2 is 1.56 bits per heavy atom. The first-order valence-electron chi connectivity index (χ1n) is 9.89. The van der Waals surface area contributed by atoms with E-state index in [1.165, 1.54) is 12.8 Å². The lowest BCUT2D eigenvalue weighted by molar-refractivity contribution is -0.137. The molecule has 3 nitrogen and oxygen atoms in total. The molecule has 2 aliphatic rings. The fraction of sp³-hybridized carbons (Fsp3) is 0.800. The van der Waals surface area contributed by atoms with Gasteiger partial charge in [0.1, 0.15) is 0 Å². The molecule has 0 N–H and O–H groups in total. The highest BCUT2D eigenvalue weighted by Gasteiger charge is 2.48. The summed E-state index contributed by atoms with van der Waals surface area (Å²) in [5.74, 6) is 0.115. The van der Waals surface area contributed by atoms with Crippen molar-refractivity contribution in [1.29, 1.82) is 0 Å². The van der Waals surface area contributed by atoms with E-state index in [4.69, 9.17) is 0 Å². The number of amides is 2. The van der Waals surface area contributed by atoms with Crippen LogP contribution in [-0.4, -0.2) is 45.9 Å². The molecule has 25 heavy (non-hydrogen) atoms. The van der Waals surface area contributed by atoms with E-state index in [0.717, 1.165) is 23.5 Å². The van der Waals surface area contributed by atoms with Crippen LogP contribution < -0.4 is 0 Å². The third-order valence-corrected chi connectivity index (χ3v) is 12.1. The summed E-state index contributed by atoms with van der Waals surface area (Å²) in [6.07, 6.45) is 4.30. The zero-order valence-corrected chi connectivity index (χ0v) is 18.8. The number of unbranched alkanes of at least 4 members (excludes halogenated alkanes) is 1. The van der Waals surface area contributed by atoms with Gasteiger partial charge in [-0.1, -0.05) is 70.7 Å². The van der Waals surface area contributed by atoms with Gasteiger partial charge >= 0.3 is 0 Å². The van der Waals surface area contributed by atoms with Gasteiger partial charge in [0, 0.05) is 6.54 Å². The van der Waals surface area contributed by atoms with Gasteiger partial charge in [0.25, 0.3) is 11.8 Å². The SMILES string of the molecule is CCCCN1C(=O)C(P(C(C)C)C(C)C)=C(P2[C@H](C)CC[C@H]2C)C1=O. The molecule has 0 aromatic heterocycles. The number of hydrogen-bond donors (Lipinski definition) is 0. The third-order valence-electron chi connectivity index (χ3n) is 5.44. The minimum atomic E-state index is -0.597. The monoisotopic (exact) mass is 383 g/mol. The van der Waals surface area contributed by atoms with Gasteiger partial charge in [0.05, 0.1) is 10.6 Å². The lowest BCUT2D eigenvalue weighted by Gasteiger charge is -2.29. The first-order chi connectivity index (χ1) is 11.7. The van der Waals surface area contributed by atoms with Crippen LogP contribution in [0, 0.1) is 0 Å². The molecule has 0 radical (unpaired) electrons. The third kappa shape index (κ3) is 4.03. The molecule has 1 saturated heterocycles. The fourth-order valence-corrected chi connectivity index (χ4v) is 11.2. The van der Waals surface area contributed by atoms with Crippen molar-refractivity contribution in [2.24, 2.45) is 0 Å². The van der Waals surface area contributed by atoms with Crippen molar-refractivity contribution in [3.63, 3.8) is 0 Å². The van der Waals surface area contributed by atoms with Gasteiger partial charge in [-0.25, -0.2) is 0 Å².